The lowest BCUT2D eigenvalue weighted by molar-refractivity contribution is 0.0510. The third-order valence-corrected chi connectivity index (χ3v) is 5.41. The highest BCUT2D eigenvalue weighted by atomic mass is 16.6. The number of aryl methyl sites for hydroxylation is 2. The fraction of sp³-hybridized carbons (Fsp3) is 0.429. The van der Waals surface area contributed by atoms with E-state index in [-0.39, 0.29) is 18.2 Å². The largest absolute Gasteiger partial charge is 0.445 e. The minimum Gasteiger partial charge on any atom is -0.445 e. The van der Waals surface area contributed by atoms with E-state index in [1.807, 2.05) is 49.1 Å². The summed E-state index contributed by atoms with van der Waals surface area (Å²) in [6.45, 7) is 4.24. The standard InChI is InChI=1S/C21H24N2O3/c1-14-20(15(2)26-22-14)17-11-18-9-6-10-19(12-17)23(18)21(24)25-13-16-7-4-3-5-8-16/h3-5,7-8,11,18-19H,6,9-10,12-13H2,1-2H3. The van der Waals surface area contributed by atoms with E-state index in [4.69, 9.17) is 9.26 Å². The first-order chi connectivity index (χ1) is 12.6. The molecule has 2 aliphatic heterocycles. The van der Waals surface area contributed by atoms with Crippen molar-refractivity contribution in [1.82, 2.24) is 10.1 Å². The molecule has 2 aromatic rings. The molecule has 2 aliphatic rings. The van der Waals surface area contributed by atoms with Gasteiger partial charge < -0.3 is 9.26 Å². The lowest BCUT2D eigenvalue weighted by atomic mass is 9.82. The SMILES string of the molecule is Cc1noc(C)c1C1=CC2CCCC(C1)N2C(=O)OCc1ccccc1. The molecule has 0 aliphatic carbocycles. The molecule has 26 heavy (non-hydrogen) atoms. The van der Waals surface area contributed by atoms with E-state index in [0.29, 0.717) is 6.61 Å². The summed E-state index contributed by atoms with van der Waals surface area (Å²) in [7, 11) is 0. The van der Waals surface area contributed by atoms with Crippen LogP contribution in [0.15, 0.2) is 40.9 Å². The van der Waals surface area contributed by atoms with Crippen molar-refractivity contribution in [3.63, 3.8) is 0 Å². The Hall–Kier alpha value is -2.56. The number of hydrogen-bond acceptors (Lipinski definition) is 4. The first kappa shape index (κ1) is 16.9. The first-order valence-corrected chi connectivity index (χ1v) is 9.26. The third kappa shape index (κ3) is 3.14. The van der Waals surface area contributed by atoms with Crippen molar-refractivity contribution in [2.75, 3.05) is 0 Å². The molecule has 1 aromatic heterocycles. The predicted octanol–water partition coefficient (Wildman–Crippen LogP) is 4.64. The molecular formula is C21H24N2O3. The normalized spacial score (nSPS) is 22.1. The molecule has 5 nitrogen and oxygen atoms in total. The Morgan fingerprint density at radius 1 is 1.27 bits per heavy atom. The molecule has 1 fully saturated rings. The summed E-state index contributed by atoms with van der Waals surface area (Å²) in [5.41, 5.74) is 4.30. The van der Waals surface area contributed by atoms with E-state index in [1.54, 1.807) is 0 Å². The maximum atomic E-state index is 12.8. The van der Waals surface area contributed by atoms with Gasteiger partial charge in [0.05, 0.1) is 11.7 Å². The van der Waals surface area contributed by atoms with E-state index >= 15 is 0 Å². The van der Waals surface area contributed by atoms with Crippen molar-refractivity contribution in [2.45, 2.75) is 58.2 Å². The molecule has 0 saturated carbocycles. The second-order valence-electron chi connectivity index (χ2n) is 7.19. The highest BCUT2D eigenvalue weighted by Crippen LogP contribution is 2.39. The number of carbonyl (C=O) groups excluding carboxylic acids is 1. The van der Waals surface area contributed by atoms with Gasteiger partial charge in [-0.2, -0.15) is 0 Å². The molecule has 3 heterocycles. The first-order valence-electron chi connectivity index (χ1n) is 9.26. The topological polar surface area (TPSA) is 55.6 Å². The maximum Gasteiger partial charge on any atom is 0.410 e. The van der Waals surface area contributed by atoms with Crippen molar-refractivity contribution in [3.8, 4) is 0 Å². The van der Waals surface area contributed by atoms with Gasteiger partial charge in [0.15, 0.2) is 0 Å². The van der Waals surface area contributed by atoms with Crippen LogP contribution >= 0.6 is 0 Å². The molecule has 0 N–H and O–H groups in total. The number of piperidine rings is 1. The molecule has 5 heteroatoms. The third-order valence-electron chi connectivity index (χ3n) is 5.41. The summed E-state index contributed by atoms with van der Waals surface area (Å²) in [6.07, 6.45) is 5.97. The fourth-order valence-electron chi connectivity index (χ4n) is 4.23. The Balaban J connectivity index is 1.52. The van der Waals surface area contributed by atoms with Gasteiger partial charge in [0.1, 0.15) is 12.4 Å². The zero-order valence-electron chi connectivity index (χ0n) is 15.3. The Labute approximate surface area is 153 Å². The Kier molecular flexibility index (Phi) is 4.53. The summed E-state index contributed by atoms with van der Waals surface area (Å²) in [5.74, 6) is 0.854. The summed E-state index contributed by atoms with van der Waals surface area (Å²) in [6, 6.07) is 10.1. The van der Waals surface area contributed by atoms with Crippen molar-refractivity contribution >= 4 is 11.7 Å². The minimum absolute atomic E-state index is 0.0921. The van der Waals surface area contributed by atoms with Gasteiger partial charge >= 0.3 is 6.09 Å². The van der Waals surface area contributed by atoms with Crippen LogP contribution in [0.3, 0.4) is 0 Å². The van der Waals surface area contributed by atoms with Crippen LogP contribution < -0.4 is 0 Å². The minimum atomic E-state index is -0.211. The Morgan fingerprint density at radius 3 is 2.77 bits per heavy atom. The van der Waals surface area contributed by atoms with Crippen LogP contribution in [-0.4, -0.2) is 28.2 Å². The number of benzene rings is 1. The van der Waals surface area contributed by atoms with Crippen molar-refractivity contribution in [2.24, 2.45) is 0 Å². The van der Waals surface area contributed by atoms with Gasteiger partial charge in [0.25, 0.3) is 0 Å². The summed E-state index contributed by atoms with van der Waals surface area (Å²) in [5, 5.41) is 4.08. The van der Waals surface area contributed by atoms with Crippen LogP contribution in [0.5, 0.6) is 0 Å². The zero-order valence-corrected chi connectivity index (χ0v) is 15.3. The van der Waals surface area contributed by atoms with Crippen molar-refractivity contribution < 1.29 is 14.1 Å². The highest BCUT2D eigenvalue weighted by molar-refractivity contribution is 5.75. The average molecular weight is 352 g/mol. The molecule has 0 radical (unpaired) electrons. The Bertz CT molecular complexity index is 806. The number of rotatable bonds is 3. The van der Waals surface area contributed by atoms with Crippen LogP contribution in [-0.2, 0) is 11.3 Å². The molecular weight excluding hydrogens is 328 g/mol. The smallest absolute Gasteiger partial charge is 0.410 e. The van der Waals surface area contributed by atoms with Gasteiger partial charge in [-0.05, 0) is 50.7 Å². The van der Waals surface area contributed by atoms with Crippen molar-refractivity contribution in [1.29, 1.82) is 0 Å². The van der Waals surface area contributed by atoms with E-state index in [0.717, 1.165) is 48.3 Å². The maximum absolute atomic E-state index is 12.8. The number of aromatic nitrogens is 1. The molecule has 0 spiro atoms. The van der Waals surface area contributed by atoms with E-state index in [2.05, 4.69) is 11.2 Å². The van der Waals surface area contributed by atoms with Gasteiger partial charge in [-0.25, -0.2) is 4.79 Å². The van der Waals surface area contributed by atoms with Crippen LogP contribution in [0.1, 0.15) is 48.3 Å². The Morgan fingerprint density at radius 2 is 2.08 bits per heavy atom. The average Bonchev–Trinajstić information content (AvgIpc) is 2.98. The molecule has 1 amide bonds. The number of nitrogens with zero attached hydrogens (tertiary/aromatic N) is 2. The van der Waals surface area contributed by atoms with Crippen LogP contribution in [0.2, 0.25) is 0 Å². The number of fused-ring (bicyclic) bond motifs is 2. The number of amides is 1. The molecule has 2 bridgehead atoms. The number of ether oxygens (including phenoxy) is 1. The van der Waals surface area contributed by atoms with E-state index < -0.39 is 0 Å². The second kappa shape index (κ2) is 6.98. The molecule has 1 aromatic carbocycles. The van der Waals surface area contributed by atoms with Crippen LogP contribution in [0.25, 0.3) is 5.57 Å². The lowest BCUT2D eigenvalue weighted by Crippen LogP contribution is -2.51. The monoisotopic (exact) mass is 352 g/mol. The van der Waals surface area contributed by atoms with Gasteiger partial charge in [-0.1, -0.05) is 41.6 Å². The molecule has 2 atom stereocenters. The highest BCUT2D eigenvalue weighted by Gasteiger charge is 2.39. The molecule has 1 saturated heterocycles. The lowest BCUT2D eigenvalue weighted by Gasteiger charge is -2.44. The van der Waals surface area contributed by atoms with Crippen LogP contribution in [0.4, 0.5) is 4.79 Å². The van der Waals surface area contributed by atoms with Gasteiger partial charge in [0, 0.05) is 11.6 Å². The second-order valence-corrected chi connectivity index (χ2v) is 7.19. The molecule has 4 rings (SSSR count). The summed E-state index contributed by atoms with van der Waals surface area (Å²) in [4.78, 5) is 14.7. The van der Waals surface area contributed by atoms with Crippen molar-refractivity contribution in [3.05, 3.63) is 59.0 Å². The summed E-state index contributed by atoms with van der Waals surface area (Å²) < 4.78 is 10.9. The predicted molar refractivity (Wildman–Crippen MR) is 98.5 cm³/mol. The number of carbonyl (C=O) groups is 1. The zero-order chi connectivity index (χ0) is 18.1. The van der Waals surface area contributed by atoms with Gasteiger partial charge in [-0.15, -0.1) is 0 Å². The molecule has 2 unspecified atom stereocenters. The fourth-order valence-corrected chi connectivity index (χ4v) is 4.23. The van der Waals surface area contributed by atoms with E-state index in [1.165, 1.54) is 5.57 Å². The van der Waals surface area contributed by atoms with Crippen LogP contribution in [0, 0.1) is 13.8 Å². The van der Waals surface area contributed by atoms with Gasteiger partial charge in [-0.3, -0.25) is 4.90 Å². The van der Waals surface area contributed by atoms with Gasteiger partial charge in [0.2, 0.25) is 0 Å². The molecule has 136 valence electrons. The number of hydrogen-bond donors (Lipinski definition) is 0. The summed E-state index contributed by atoms with van der Waals surface area (Å²) >= 11 is 0. The quantitative estimate of drug-likeness (QED) is 0.807. The van der Waals surface area contributed by atoms with E-state index in [9.17, 15) is 4.79 Å².